The van der Waals surface area contributed by atoms with E-state index in [0.29, 0.717) is 12.6 Å². The van der Waals surface area contributed by atoms with Crippen molar-refractivity contribution in [1.29, 1.82) is 0 Å². The number of aromatic nitrogens is 2. The smallest absolute Gasteiger partial charge is 0.203 e. The third kappa shape index (κ3) is 2.64. The van der Waals surface area contributed by atoms with Gasteiger partial charge in [-0.2, -0.15) is 0 Å². The van der Waals surface area contributed by atoms with Crippen molar-refractivity contribution in [2.24, 2.45) is 12.8 Å². The molecule has 1 aromatic heterocycles. The van der Waals surface area contributed by atoms with Gasteiger partial charge in [0, 0.05) is 19.6 Å². The molecule has 2 rings (SSSR count). The molecule has 0 spiro atoms. The van der Waals surface area contributed by atoms with E-state index in [1.165, 1.54) is 12.8 Å². The van der Waals surface area contributed by atoms with Gasteiger partial charge in [-0.15, -0.1) is 0 Å². The van der Waals surface area contributed by atoms with Gasteiger partial charge in [0.2, 0.25) is 5.95 Å². The number of hydrogen-bond donors (Lipinski definition) is 2. The molecular formula is C14H22N4. The molecule has 98 valence electrons. The van der Waals surface area contributed by atoms with Gasteiger partial charge in [-0.1, -0.05) is 31.9 Å². The first kappa shape index (κ1) is 12.9. The molecular weight excluding hydrogens is 224 g/mol. The van der Waals surface area contributed by atoms with Gasteiger partial charge < -0.3 is 15.6 Å². The minimum Gasteiger partial charge on any atom is -0.352 e. The molecule has 0 amide bonds. The Bertz CT molecular complexity index is 503. The lowest BCUT2D eigenvalue weighted by atomic mass is 10.1. The van der Waals surface area contributed by atoms with Gasteiger partial charge in [-0.3, -0.25) is 0 Å². The predicted molar refractivity (Wildman–Crippen MR) is 76.7 cm³/mol. The van der Waals surface area contributed by atoms with Crippen LogP contribution in [0.3, 0.4) is 0 Å². The first-order chi connectivity index (χ1) is 8.76. The van der Waals surface area contributed by atoms with E-state index in [4.69, 9.17) is 5.73 Å². The summed E-state index contributed by atoms with van der Waals surface area (Å²) in [6, 6.07) is 8.46. The maximum Gasteiger partial charge on any atom is 0.203 e. The van der Waals surface area contributed by atoms with Crippen molar-refractivity contribution < 1.29 is 0 Å². The van der Waals surface area contributed by atoms with Crippen molar-refractivity contribution in [3.8, 4) is 0 Å². The van der Waals surface area contributed by atoms with Crippen molar-refractivity contribution in [1.82, 2.24) is 9.55 Å². The Morgan fingerprint density at radius 3 is 2.83 bits per heavy atom. The molecule has 0 radical (unpaired) electrons. The third-order valence-electron chi connectivity index (χ3n) is 3.31. The quantitative estimate of drug-likeness (QED) is 0.823. The minimum absolute atomic E-state index is 0.306. The molecule has 0 aliphatic rings. The van der Waals surface area contributed by atoms with E-state index in [-0.39, 0.29) is 0 Å². The second kappa shape index (κ2) is 5.87. The first-order valence-corrected chi connectivity index (χ1v) is 6.64. The number of imidazole rings is 1. The summed E-state index contributed by atoms with van der Waals surface area (Å²) in [7, 11) is 2.03. The molecule has 1 aromatic carbocycles. The number of benzene rings is 1. The summed E-state index contributed by atoms with van der Waals surface area (Å²) < 4.78 is 2.09. The van der Waals surface area contributed by atoms with Crippen molar-refractivity contribution in [3.63, 3.8) is 0 Å². The average molecular weight is 246 g/mol. The number of nitrogens with one attached hydrogen (secondary N) is 1. The summed E-state index contributed by atoms with van der Waals surface area (Å²) in [6.07, 6.45) is 3.48. The minimum atomic E-state index is 0.306. The lowest BCUT2D eigenvalue weighted by Gasteiger charge is -2.17. The van der Waals surface area contributed by atoms with Crippen LogP contribution in [0.25, 0.3) is 11.0 Å². The SMILES string of the molecule is CCCCC(CN)Nc1nc2ccccc2n1C. The number of para-hydroxylation sites is 2. The molecule has 4 heteroatoms. The Hall–Kier alpha value is -1.55. The summed E-state index contributed by atoms with van der Waals surface area (Å²) in [5, 5.41) is 3.45. The van der Waals surface area contributed by atoms with Crippen LogP contribution in [0.15, 0.2) is 24.3 Å². The van der Waals surface area contributed by atoms with E-state index in [0.717, 1.165) is 23.4 Å². The van der Waals surface area contributed by atoms with E-state index in [9.17, 15) is 0 Å². The molecule has 18 heavy (non-hydrogen) atoms. The number of fused-ring (bicyclic) bond motifs is 1. The van der Waals surface area contributed by atoms with Gasteiger partial charge >= 0.3 is 0 Å². The second-order valence-corrected chi connectivity index (χ2v) is 4.70. The highest BCUT2D eigenvalue weighted by Crippen LogP contribution is 2.18. The third-order valence-corrected chi connectivity index (χ3v) is 3.31. The zero-order valence-electron chi connectivity index (χ0n) is 11.2. The van der Waals surface area contributed by atoms with Crippen LogP contribution in [0, 0.1) is 0 Å². The molecule has 0 bridgehead atoms. The van der Waals surface area contributed by atoms with Gasteiger partial charge in [-0.25, -0.2) is 4.98 Å². The summed E-state index contributed by atoms with van der Waals surface area (Å²) >= 11 is 0. The largest absolute Gasteiger partial charge is 0.352 e. The van der Waals surface area contributed by atoms with Crippen LogP contribution in [-0.2, 0) is 7.05 Å². The number of aryl methyl sites for hydroxylation is 1. The number of hydrogen-bond acceptors (Lipinski definition) is 3. The number of anilines is 1. The van der Waals surface area contributed by atoms with E-state index < -0.39 is 0 Å². The van der Waals surface area contributed by atoms with Crippen LogP contribution in [0.5, 0.6) is 0 Å². The fourth-order valence-electron chi connectivity index (χ4n) is 2.16. The highest BCUT2D eigenvalue weighted by molar-refractivity contribution is 5.78. The Morgan fingerprint density at radius 2 is 2.17 bits per heavy atom. The van der Waals surface area contributed by atoms with Crippen LogP contribution in [0.2, 0.25) is 0 Å². The van der Waals surface area contributed by atoms with Crippen LogP contribution in [-0.4, -0.2) is 22.1 Å². The maximum atomic E-state index is 5.81. The molecule has 1 heterocycles. The number of rotatable bonds is 6. The van der Waals surface area contributed by atoms with Crippen LogP contribution in [0.1, 0.15) is 26.2 Å². The van der Waals surface area contributed by atoms with E-state index in [1.54, 1.807) is 0 Å². The topological polar surface area (TPSA) is 55.9 Å². The van der Waals surface area contributed by atoms with Gasteiger partial charge in [0.1, 0.15) is 0 Å². The Kier molecular flexibility index (Phi) is 4.20. The lowest BCUT2D eigenvalue weighted by molar-refractivity contribution is 0.608. The lowest BCUT2D eigenvalue weighted by Crippen LogP contribution is -2.29. The molecule has 0 aliphatic carbocycles. The predicted octanol–water partition coefficient (Wildman–Crippen LogP) is 2.50. The van der Waals surface area contributed by atoms with Crippen molar-refractivity contribution in [2.75, 3.05) is 11.9 Å². The zero-order valence-corrected chi connectivity index (χ0v) is 11.2. The van der Waals surface area contributed by atoms with Crippen molar-refractivity contribution in [2.45, 2.75) is 32.2 Å². The Morgan fingerprint density at radius 1 is 1.39 bits per heavy atom. The van der Waals surface area contributed by atoms with Crippen molar-refractivity contribution >= 4 is 17.0 Å². The van der Waals surface area contributed by atoms with Gasteiger partial charge in [0.15, 0.2) is 0 Å². The zero-order chi connectivity index (χ0) is 13.0. The normalized spacial score (nSPS) is 12.8. The highest BCUT2D eigenvalue weighted by Gasteiger charge is 2.11. The maximum absolute atomic E-state index is 5.81. The van der Waals surface area contributed by atoms with E-state index >= 15 is 0 Å². The molecule has 1 atom stereocenters. The summed E-state index contributed by atoms with van der Waals surface area (Å²) in [5.74, 6) is 0.905. The number of nitrogens with zero attached hydrogens (tertiary/aromatic N) is 2. The number of unbranched alkanes of at least 4 members (excludes halogenated alkanes) is 1. The molecule has 3 N–H and O–H groups in total. The van der Waals surface area contributed by atoms with Crippen LogP contribution < -0.4 is 11.1 Å². The summed E-state index contributed by atoms with van der Waals surface area (Å²) in [6.45, 7) is 2.84. The van der Waals surface area contributed by atoms with E-state index in [1.807, 2.05) is 25.2 Å². The number of nitrogens with two attached hydrogens (primary N) is 1. The van der Waals surface area contributed by atoms with Gasteiger partial charge in [0.05, 0.1) is 11.0 Å². The highest BCUT2D eigenvalue weighted by atomic mass is 15.2. The van der Waals surface area contributed by atoms with Crippen LogP contribution in [0.4, 0.5) is 5.95 Å². The van der Waals surface area contributed by atoms with E-state index in [2.05, 4.69) is 27.9 Å². The first-order valence-electron chi connectivity index (χ1n) is 6.64. The fourth-order valence-corrected chi connectivity index (χ4v) is 2.16. The van der Waals surface area contributed by atoms with Crippen LogP contribution >= 0.6 is 0 Å². The van der Waals surface area contributed by atoms with Gasteiger partial charge in [0.25, 0.3) is 0 Å². The Balaban J connectivity index is 2.17. The molecule has 4 nitrogen and oxygen atoms in total. The Labute approximate surface area is 108 Å². The molecule has 0 aliphatic heterocycles. The standard InChI is InChI=1S/C14H22N4/c1-3-4-7-11(10-15)16-14-17-12-8-5-6-9-13(12)18(14)2/h5-6,8-9,11H,3-4,7,10,15H2,1-2H3,(H,16,17). The molecule has 2 aromatic rings. The van der Waals surface area contributed by atoms with Crippen molar-refractivity contribution in [3.05, 3.63) is 24.3 Å². The average Bonchev–Trinajstić information content (AvgIpc) is 2.72. The summed E-state index contributed by atoms with van der Waals surface area (Å²) in [5.41, 5.74) is 7.97. The molecule has 0 saturated heterocycles. The second-order valence-electron chi connectivity index (χ2n) is 4.70. The van der Waals surface area contributed by atoms with Gasteiger partial charge in [-0.05, 0) is 18.6 Å². The molecule has 1 unspecified atom stereocenters. The molecule has 0 fully saturated rings. The fraction of sp³-hybridized carbons (Fsp3) is 0.500. The summed E-state index contributed by atoms with van der Waals surface area (Å²) in [4.78, 5) is 4.60. The monoisotopic (exact) mass is 246 g/mol. The molecule has 0 saturated carbocycles.